The van der Waals surface area contributed by atoms with Gasteiger partial charge < -0.3 is 15.1 Å². The predicted octanol–water partition coefficient (Wildman–Crippen LogP) is 1.87. The third-order valence-corrected chi connectivity index (χ3v) is 7.95. The number of carboxylic acid groups (broad SMARTS) is 1. The van der Waals surface area contributed by atoms with Crippen molar-refractivity contribution in [2.24, 2.45) is 11.8 Å². The fourth-order valence-corrected chi connectivity index (χ4v) is 6.10. The Kier molecular flexibility index (Phi) is 5.63. The number of carbonyl (C=O) groups is 2. The Bertz CT molecular complexity index is 1230. The van der Waals surface area contributed by atoms with E-state index in [2.05, 4.69) is 25.6 Å². The molecule has 6 atom stereocenters. The first-order chi connectivity index (χ1) is 17.5. The van der Waals surface area contributed by atoms with Crippen LogP contribution in [0.25, 0.3) is 0 Å². The zero-order chi connectivity index (χ0) is 24.8. The number of carbonyl (C=O) groups excluding carboxylic acids is 1. The second-order valence-electron chi connectivity index (χ2n) is 9.95. The van der Waals surface area contributed by atoms with Crippen molar-refractivity contribution in [2.45, 2.75) is 43.4 Å². The van der Waals surface area contributed by atoms with Gasteiger partial charge in [0.15, 0.2) is 5.82 Å². The van der Waals surface area contributed by atoms with Crippen LogP contribution in [0.5, 0.6) is 0 Å². The number of nitrogens with zero attached hydrogens (tertiary/aromatic N) is 6. The molecule has 2 aromatic heterocycles. The van der Waals surface area contributed by atoms with E-state index in [1.165, 1.54) is 4.90 Å². The van der Waals surface area contributed by atoms with E-state index in [-0.39, 0.29) is 11.9 Å². The first kappa shape index (κ1) is 22.6. The summed E-state index contributed by atoms with van der Waals surface area (Å²) < 4.78 is 0. The van der Waals surface area contributed by atoms with Gasteiger partial charge in [-0.05, 0) is 58.7 Å². The highest BCUT2D eigenvalue weighted by atomic mass is 16.4. The summed E-state index contributed by atoms with van der Waals surface area (Å²) in [5, 5.41) is 34.9. The molecule has 186 valence electrons. The van der Waals surface area contributed by atoms with Gasteiger partial charge in [-0.2, -0.15) is 0 Å². The maximum Gasteiger partial charge on any atom is 0.407 e. The minimum absolute atomic E-state index is 0.0951. The average Bonchev–Trinajstić information content (AvgIpc) is 3.39. The molecule has 1 unspecified atom stereocenters. The van der Waals surface area contributed by atoms with Crippen molar-refractivity contribution >= 4 is 12.0 Å². The van der Waals surface area contributed by atoms with Gasteiger partial charge in [-0.3, -0.25) is 14.7 Å². The van der Waals surface area contributed by atoms with E-state index in [4.69, 9.17) is 0 Å². The maximum absolute atomic E-state index is 13.0. The van der Waals surface area contributed by atoms with Crippen LogP contribution in [0.4, 0.5) is 4.79 Å². The Morgan fingerprint density at radius 1 is 1.08 bits per heavy atom. The second kappa shape index (κ2) is 8.98. The van der Waals surface area contributed by atoms with Crippen molar-refractivity contribution in [3.05, 3.63) is 71.3 Å². The van der Waals surface area contributed by atoms with E-state index >= 15 is 0 Å². The lowest BCUT2D eigenvalue weighted by Gasteiger charge is -2.31. The maximum atomic E-state index is 13.0. The molecule has 3 N–H and O–H groups in total. The Hall–Kier alpha value is -3.86. The summed E-state index contributed by atoms with van der Waals surface area (Å²) in [6, 6.07) is 12.0. The quantitative estimate of drug-likeness (QED) is 0.475. The van der Waals surface area contributed by atoms with E-state index in [1.807, 2.05) is 41.3 Å². The topological polar surface area (TPSA) is 148 Å². The highest BCUT2D eigenvalue weighted by molar-refractivity contribution is 5.92. The number of rotatable bonds is 6. The fourth-order valence-electron chi connectivity index (χ4n) is 6.10. The van der Waals surface area contributed by atoms with E-state index in [1.54, 1.807) is 12.3 Å². The number of hydrogen-bond acceptors (Lipinski definition) is 7. The average molecular weight is 490 g/mol. The molecule has 6 rings (SSSR count). The molecule has 36 heavy (non-hydrogen) atoms. The van der Waals surface area contributed by atoms with Crippen molar-refractivity contribution < 1.29 is 19.8 Å². The Morgan fingerprint density at radius 2 is 1.86 bits per heavy atom. The number of aromatic nitrogens is 5. The normalized spacial score (nSPS) is 27.6. The number of amides is 2. The van der Waals surface area contributed by atoms with Crippen LogP contribution in [0.15, 0.2) is 48.7 Å². The molecule has 0 radical (unpaired) electrons. The molecular weight excluding hydrogens is 462 g/mol. The SMILES string of the molecule is O=C(c1ccc(C[C@@H]2CC[C@H](C(O)c3ccccc3)N2C(=O)O)cn1)N1C[C@@H]2[C@H](C1)[C@H]2c1nnn[nH]1. The molecule has 2 aliphatic heterocycles. The highest BCUT2D eigenvalue weighted by Gasteiger charge is 2.59. The standard InChI is InChI=1S/C25H27N7O4/c33-22(15-4-2-1-3-5-15)20-9-7-16(32(20)25(35)36)10-14-6-8-19(26-11-14)24(34)31-12-17-18(13-31)21(17)23-27-29-30-28-23/h1-6,8,11,16-18,20-22,33H,7,9-10,12-13H2,(H,35,36)(H,27,28,29,30)/t16-,17-,18+,20+,21+,22?/m0/s1. The Balaban J connectivity index is 1.08. The summed E-state index contributed by atoms with van der Waals surface area (Å²) in [4.78, 5) is 32.7. The molecule has 2 amide bonds. The van der Waals surface area contributed by atoms with Gasteiger partial charge in [0.2, 0.25) is 0 Å². The van der Waals surface area contributed by atoms with Crippen LogP contribution in [0.3, 0.4) is 0 Å². The van der Waals surface area contributed by atoms with Crippen LogP contribution in [0.1, 0.15) is 52.3 Å². The smallest absolute Gasteiger partial charge is 0.407 e. The Labute approximate surface area is 207 Å². The molecule has 1 aliphatic carbocycles. The molecule has 3 fully saturated rings. The molecule has 3 aliphatic rings. The van der Waals surface area contributed by atoms with E-state index in [9.17, 15) is 19.8 Å². The minimum atomic E-state index is -1.04. The number of fused-ring (bicyclic) bond motifs is 1. The highest BCUT2D eigenvalue weighted by Crippen LogP contribution is 2.57. The number of aliphatic hydroxyl groups is 1. The molecule has 11 nitrogen and oxygen atoms in total. The van der Waals surface area contributed by atoms with Gasteiger partial charge in [0.25, 0.3) is 5.91 Å². The molecule has 3 aromatic rings. The predicted molar refractivity (Wildman–Crippen MR) is 126 cm³/mol. The number of piperidine rings is 1. The van der Waals surface area contributed by atoms with Gasteiger partial charge in [-0.15, -0.1) is 5.10 Å². The zero-order valence-corrected chi connectivity index (χ0v) is 19.5. The van der Waals surface area contributed by atoms with Crippen LogP contribution in [0.2, 0.25) is 0 Å². The van der Waals surface area contributed by atoms with Crippen molar-refractivity contribution in [3.63, 3.8) is 0 Å². The van der Waals surface area contributed by atoms with Crippen LogP contribution in [0, 0.1) is 11.8 Å². The summed E-state index contributed by atoms with van der Waals surface area (Å²) in [7, 11) is 0. The van der Waals surface area contributed by atoms with Crippen LogP contribution >= 0.6 is 0 Å². The molecular formula is C25H27N7O4. The number of benzene rings is 1. The van der Waals surface area contributed by atoms with Crippen LogP contribution in [-0.2, 0) is 6.42 Å². The third kappa shape index (κ3) is 3.98. The molecule has 4 heterocycles. The summed E-state index contributed by atoms with van der Waals surface area (Å²) >= 11 is 0. The summed E-state index contributed by atoms with van der Waals surface area (Å²) in [6.07, 6.45) is 1.46. The number of likely N-dealkylation sites (tertiary alicyclic amines) is 2. The zero-order valence-electron chi connectivity index (χ0n) is 19.5. The third-order valence-electron chi connectivity index (χ3n) is 7.95. The molecule has 1 saturated carbocycles. The minimum Gasteiger partial charge on any atom is -0.465 e. The molecule has 11 heteroatoms. The van der Waals surface area contributed by atoms with Gasteiger partial charge in [0.05, 0.1) is 12.1 Å². The van der Waals surface area contributed by atoms with Gasteiger partial charge >= 0.3 is 6.09 Å². The van der Waals surface area contributed by atoms with E-state index < -0.39 is 18.2 Å². The van der Waals surface area contributed by atoms with Crippen LogP contribution in [-0.4, -0.2) is 82.8 Å². The largest absolute Gasteiger partial charge is 0.465 e. The number of pyridine rings is 1. The second-order valence-corrected chi connectivity index (χ2v) is 9.95. The lowest BCUT2D eigenvalue weighted by molar-refractivity contribution is 0.0540. The molecule has 0 spiro atoms. The molecule has 1 aromatic carbocycles. The first-order valence-corrected chi connectivity index (χ1v) is 12.2. The van der Waals surface area contributed by atoms with Gasteiger partial charge in [0.1, 0.15) is 5.69 Å². The number of nitrogens with one attached hydrogen (secondary N) is 1. The number of aliphatic hydroxyl groups excluding tert-OH is 1. The van der Waals surface area contributed by atoms with Crippen molar-refractivity contribution in [1.82, 2.24) is 35.4 Å². The van der Waals surface area contributed by atoms with Crippen molar-refractivity contribution in [2.75, 3.05) is 13.1 Å². The number of aromatic amines is 1. The van der Waals surface area contributed by atoms with Crippen molar-refractivity contribution in [3.8, 4) is 0 Å². The van der Waals surface area contributed by atoms with Gasteiger partial charge in [-0.25, -0.2) is 9.89 Å². The summed E-state index contributed by atoms with van der Waals surface area (Å²) in [5.41, 5.74) is 1.96. The van der Waals surface area contributed by atoms with Crippen LogP contribution < -0.4 is 0 Å². The lowest BCUT2D eigenvalue weighted by atomic mass is 10.0. The van der Waals surface area contributed by atoms with Gasteiger partial charge in [0, 0.05) is 31.2 Å². The van der Waals surface area contributed by atoms with E-state index in [0.29, 0.717) is 61.4 Å². The number of H-pyrrole nitrogens is 1. The van der Waals surface area contributed by atoms with Gasteiger partial charge in [-0.1, -0.05) is 36.4 Å². The number of hydrogen-bond donors (Lipinski definition) is 3. The lowest BCUT2D eigenvalue weighted by Crippen LogP contribution is -2.44. The monoisotopic (exact) mass is 489 g/mol. The van der Waals surface area contributed by atoms with E-state index in [0.717, 1.165) is 11.4 Å². The molecule has 0 bridgehead atoms. The first-order valence-electron chi connectivity index (χ1n) is 12.2. The van der Waals surface area contributed by atoms with Crippen molar-refractivity contribution in [1.29, 1.82) is 0 Å². The summed E-state index contributed by atoms with van der Waals surface area (Å²) in [5.74, 6) is 1.76. The summed E-state index contributed by atoms with van der Waals surface area (Å²) in [6.45, 7) is 1.33. The fraction of sp³-hybridized carbons (Fsp3) is 0.440. The molecule has 2 saturated heterocycles. The number of tetrazole rings is 1. The Morgan fingerprint density at radius 3 is 2.50 bits per heavy atom.